The number of piperazine rings is 1. The lowest BCUT2D eigenvalue weighted by Gasteiger charge is -2.34. The molecule has 154 valence electrons. The maximum atomic E-state index is 13.9. The number of non-ortho nitro benzene ring substituents is 1. The molecule has 0 aromatic heterocycles. The minimum absolute atomic E-state index is 0.0162. The highest BCUT2D eigenvalue weighted by Crippen LogP contribution is 2.21. The SMILES string of the molecule is O=C(CCN1CCN(Cc2c(F)cccc2Cl)CC1)Nc1ccc([N+](=O)[O-])cc1. The average molecular weight is 421 g/mol. The Labute approximate surface area is 173 Å². The molecule has 1 aliphatic rings. The van der Waals surface area contributed by atoms with E-state index in [0.717, 1.165) is 26.2 Å². The van der Waals surface area contributed by atoms with Gasteiger partial charge in [0.15, 0.2) is 0 Å². The van der Waals surface area contributed by atoms with E-state index in [2.05, 4.69) is 15.1 Å². The van der Waals surface area contributed by atoms with E-state index >= 15 is 0 Å². The molecule has 0 atom stereocenters. The molecule has 0 radical (unpaired) electrons. The molecule has 1 saturated heterocycles. The summed E-state index contributed by atoms with van der Waals surface area (Å²) in [5.74, 6) is -0.428. The van der Waals surface area contributed by atoms with Crippen molar-refractivity contribution in [1.82, 2.24) is 9.80 Å². The van der Waals surface area contributed by atoms with Crippen LogP contribution in [-0.2, 0) is 11.3 Å². The highest BCUT2D eigenvalue weighted by Gasteiger charge is 2.19. The fourth-order valence-electron chi connectivity index (χ4n) is 3.23. The number of carbonyl (C=O) groups excluding carboxylic acids is 1. The summed E-state index contributed by atoms with van der Waals surface area (Å²) >= 11 is 6.10. The molecule has 29 heavy (non-hydrogen) atoms. The van der Waals surface area contributed by atoms with Gasteiger partial charge >= 0.3 is 0 Å². The molecule has 1 fully saturated rings. The molecular weight excluding hydrogens is 399 g/mol. The molecule has 2 aromatic carbocycles. The van der Waals surface area contributed by atoms with Crippen LogP contribution in [0, 0.1) is 15.9 Å². The Morgan fingerprint density at radius 2 is 1.76 bits per heavy atom. The zero-order valence-electron chi connectivity index (χ0n) is 15.8. The second-order valence-corrected chi connectivity index (χ2v) is 7.33. The first-order valence-electron chi connectivity index (χ1n) is 9.34. The van der Waals surface area contributed by atoms with Gasteiger partial charge in [0.05, 0.1) is 4.92 Å². The molecule has 7 nitrogen and oxygen atoms in total. The maximum absolute atomic E-state index is 13.9. The van der Waals surface area contributed by atoms with E-state index < -0.39 is 4.92 Å². The van der Waals surface area contributed by atoms with Crippen LogP contribution in [-0.4, -0.2) is 53.4 Å². The number of nitrogens with one attached hydrogen (secondary N) is 1. The van der Waals surface area contributed by atoms with Crippen molar-refractivity contribution in [3.8, 4) is 0 Å². The van der Waals surface area contributed by atoms with E-state index in [9.17, 15) is 19.3 Å². The number of nitrogens with zero attached hydrogens (tertiary/aromatic N) is 3. The summed E-state index contributed by atoms with van der Waals surface area (Å²) in [5, 5.41) is 13.8. The normalized spacial score (nSPS) is 15.2. The molecule has 0 spiro atoms. The summed E-state index contributed by atoms with van der Waals surface area (Å²) in [6, 6.07) is 10.5. The van der Waals surface area contributed by atoms with E-state index in [1.165, 1.54) is 30.3 Å². The van der Waals surface area contributed by atoms with Crippen LogP contribution in [0.3, 0.4) is 0 Å². The third kappa shape index (κ3) is 5.96. The van der Waals surface area contributed by atoms with Crippen LogP contribution in [0.1, 0.15) is 12.0 Å². The van der Waals surface area contributed by atoms with Crippen molar-refractivity contribution in [3.63, 3.8) is 0 Å². The minimum atomic E-state index is -0.481. The number of nitro groups is 1. The predicted octanol–water partition coefficient (Wildman–Crippen LogP) is 3.53. The lowest BCUT2D eigenvalue weighted by atomic mass is 10.1. The van der Waals surface area contributed by atoms with Crippen LogP contribution in [0.25, 0.3) is 0 Å². The molecule has 1 heterocycles. The van der Waals surface area contributed by atoms with Crippen molar-refractivity contribution in [3.05, 3.63) is 69.0 Å². The molecule has 0 saturated carbocycles. The van der Waals surface area contributed by atoms with Gasteiger partial charge in [-0.1, -0.05) is 17.7 Å². The molecule has 9 heteroatoms. The molecule has 0 unspecified atom stereocenters. The molecule has 0 aliphatic carbocycles. The van der Waals surface area contributed by atoms with E-state index in [-0.39, 0.29) is 17.4 Å². The smallest absolute Gasteiger partial charge is 0.269 e. The summed E-state index contributed by atoms with van der Waals surface area (Å²) in [6.45, 7) is 4.21. The predicted molar refractivity (Wildman–Crippen MR) is 109 cm³/mol. The molecule has 0 bridgehead atoms. The Balaban J connectivity index is 1.40. The molecule has 2 aromatic rings. The summed E-state index contributed by atoms with van der Waals surface area (Å²) in [6.07, 6.45) is 0.329. The standard InChI is InChI=1S/C20H22ClFN4O3/c21-18-2-1-3-19(22)17(18)14-25-12-10-24(11-13-25)9-8-20(27)23-15-4-6-16(7-5-15)26(28)29/h1-7H,8-14H2,(H,23,27). The van der Waals surface area contributed by atoms with Crippen LogP contribution in [0.5, 0.6) is 0 Å². The van der Waals surface area contributed by atoms with Gasteiger partial charge in [0.2, 0.25) is 5.91 Å². The number of nitro benzene ring substituents is 1. The molecule has 1 aliphatic heterocycles. The van der Waals surface area contributed by atoms with Crippen molar-refractivity contribution in [2.45, 2.75) is 13.0 Å². The van der Waals surface area contributed by atoms with Crippen molar-refractivity contribution >= 4 is 28.9 Å². The number of anilines is 1. The largest absolute Gasteiger partial charge is 0.326 e. The second kappa shape index (κ2) is 9.78. The summed E-state index contributed by atoms with van der Waals surface area (Å²) in [7, 11) is 0. The van der Waals surface area contributed by atoms with Gasteiger partial charge in [-0.3, -0.25) is 19.8 Å². The van der Waals surface area contributed by atoms with Gasteiger partial charge in [-0.25, -0.2) is 4.39 Å². The number of amides is 1. The highest BCUT2D eigenvalue weighted by molar-refractivity contribution is 6.31. The first-order valence-corrected chi connectivity index (χ1v) is 9.72. The molecule has 3 rings (SSSR count). The Kier molecular flexibility index (Phi) is 7.13. The number of hydrogen-bond donors (Lipinski definition) is 1. The highest BCUT2D eigenvalue weighted by atomic mass is 35.5. The minimum Gasteiger partial charge on any atom is -0.326 e. The zero-order valence-corrected chi connectivity index (χ0v) is 16.6. The van der Waals surface area contributed by atoms with Crippen molar-refractivity contribution in [2.75, 3.05) is 38.0 Å². The second-order valence-electron chi connectivity index (χ2n) is 6.92. The van der Waals surface area contributed by atoms with Gasteiger partial charge in [0, 0.05) is 74.1 Å². The van der Waals surface area contributed by atoms with E-state index in [4.69, 9.17) is 11.6 Å². The Hall–Kier alpha value is -2.55. The van der Waals surface area contributed by atoms with Crippen LogP contribution in [0.15, 0.2) is 42.5 Å². The van der Waals surface area contributed by atoms with E-state index in [1.807, 2.05) is 0 Å². The topological polar surface area (TPSA) is 78.7 Å². The van der Waals surface area contributed by atoms with Gasteiger partial charge in [-0.15, -0.1) is 0 Å². The number of rotatable bonds is 7. The number of hydrogen-bond acceptors (Lipinski definition) is 5. The van der Waals surface area contributed by atoms with Gasteiger partial charge < -0.3 is 10.2 Å². The molecule has 1 amide bonds. The first-order chi connectivity index (χ1) is 13.9. The number of benzene rings is 2. The van der Waals surface area contributed by atoms with Crippen molar-refractivity contribution < 1.29 is 14.1 Å². The lowest BCUT2D eigenvalue weighted by molar-refractivity contribution is -0.384. The quantitative estimate of drug-likeness (QED) is 0.547. The Bertz CT molecular complexity index is 850. The lowest BCUT2D eigenvalue weighted by Crippen LogP contribution is -2.46. The van der Waals surface area contributed by atoms with Crippen LogP contribution in [0.2, 0.25) is 5.02 Å². The van der Waals surface area contributed by atoms with Crippen LogP contribution >= 0.6 is 11.6 Å². The maximum Gasteiger partial charge on any atom is 0.269 e. The van der Waals surface area contributed by atoms with Crippen molar-refractivity contribution in [1.29, 1.82) is 0 Å². The Morgan fingerprint density at radius 3 is 2.38 bits per heavy atom. The number of carbonyl (C=O) groups is 1. The summed E-state index contributed by atoms with van der Waals surface area (Å²) < 4.78 is 13.9. The third-order valence-electron chi connectivity index (χ3n) is 4.93. The van der Waals surface area contributed by atoms with Crippen LogP contribution < -0.4 is 5.32 Å². The average Bonchev–Trinajstić information content (AvgIpc) is 2.70. The fourth-order valence-corrected chi connectivity index (χ4v) is 3.45. The monoisotopic (exact) mass is 420 g/mol. The Morgan fingerprint density at radius 1 is 1.10 bits per heavy atom. The van der Waals surface area contributed by atoms with Crippen LogP contribution in [0.4, 0.5) is 15.8 Å². The summed E-state index contributed by atoms with van der Waals surface area (Å²) in [4.78, 5) is 26.6. The van der Waals surface area contributed by atoms with E-state index in [1.54, 1.807) is 12.1 Å². The molecular formula is C20H22ClFN4O3. The summed E-state index contributed by atoms with van der Waals surface area (Å²) in [5.41, 5.74) is 1.04. The van der Waals surface area contributed by atoms with Crippen molar-refractivity contribution in [2.24, 2.45) is 0 Å². The fraction of sp³-hybridized carbons (Fsp3) is 0.350. The third-order valence-corrected chi connectivity index (χ3v) is 5.28. The van der Waals surface area contributed by atoms with Gasteiger partial charge in [-0.2, -0.15) is 0 Å². The zero-order chi connectivity index (χ0) is 20.8. The van der Waals surface area contributed by atoms with Gasteiger partial charge in [0.1, 0.15) is 5.82 Å². The number of halogens is 2. The molecule has 1 N–H and O–H groups in total. The first kappa shape index (κ1) is 21.2. The van der Waals surface area contributed by atoms with Gasteiger partial charge in [0.25, 0.3) is 5.69 Å². The van der Waals surface area contributed by atoms with E-state index in [0.29, 0.717) is 35.8 Å². The van der Waals surface area contributed by atoms with Gasteiger partial charge in [-0.05, 0) is 24.3 Å².